The van der Waals surface area contributed by atoms with E-state index >= 15 is 0 Å². The minimum absolute atomic E-state index is 1.19. The van der Waals surface area contributed by atoms with Crippen molar-refractivity contribution in [2.45, 2.75) is 46.0 Å². The molecule has 0 spiro atoms. The fraction of sp³-hybridized carbons (Fsp3) is 0.467. The molecule has 1 heteroatoms. The van der Waals surface area contributed by atoms with Crippen molar-refractivity contribution in [2.75, 3.05) is 0 Å². The van der Waals surface area contributed by atoms with Gasteiger partial charge in [-0.2, -0.15) is 0 Å². The summed E-state index contributed by atoms with van der Waals surface area (Å²) in [4.78, 5) is 3.54. The average molecular weight is 215 g/mol. The maximum absolute atomic E-state index is 3.54. The first kappa shape index (κ1) is 11.3. The van der Waals surface area contributed by atoms with Crippen LogP contribution in [0.1, 0.15) is 43.9 Å². The van der Waals surface area contributed by atoms with Gasteiger partial charge in [0.1, 0.15) is 0 Å². The Balaban J connectivity index is 2.09. The van der Waals surface area contributed by atoms with Gasteiger partial charge in [0.2, 0.25) is 0 Å². The van der Waals surface area contributed by atoms with Crippen molar-refractivity contribution >= 4 is 10.9 Å². The maximum Gasteiger partial charge on any atom is 0.0458 e. The Hall–Kier alpha value is -1.24. The standard InChI is InChI=1S/C15H21N/c1-3-4-5-6-10-14-12(2)13-9-7-8-11-15(13)16-14/h7-9,11,16H,3-6,10H2,1-2H3. The van der Waals surface area contributed by atoms with E-state index in [0.717, 1.165) is 0 Å². The fourth-order valence-electron chi connectivity index (χ4n) is 2.32. The van der Waals surface area contributed by atoms with Gasteiger partial charge < -0.3 is 4.98 Å². The molecule has 0 radical (unpaired) electrons. The monoisotopic (exact) mass is 215 g/mol. The van der Waals surface area contributed by atoms with Crippen molar-refractivity contribution in [1.29, 1.82) is 0 Å². The molecule has 16 heavy (non-hydrogen) atoms. The quantitative estimate of drug-likeness (QED) is 0.702. The predicted molar refractivity (Wildman–Crippen MR) is 70.9 cm³/mol. The lowest BCUT2D eigenvalue weighted by atomic mass is 10.1. The topological polar surface area (TPSA) is 15.8 Å². The number of aromatic nitrogens is 1. The van der Waals surface area contributed by atoms with Gasteiger partial charge >= 0.3 is 0 Å². The molecular formula is C15H21N. The molecule has 0 amide bonds. The van der Waals surface area contributed by atoms with Gasteiger partial charge in [0.05, 0.1) is 0 Å². The summed E-state index contributed by atoms with van der Waals surface area (Å²) >= 11 is 0. The van der Waals surface area contributed by atoms with Crippen LogP contribution in [0.5, 0.6) is 0 Å². The molecule has 0 bridgehead atoms. The molecule has 0 aliphatic carbocycles. The highest BCUT2D eigenvalue weighted by Crippen LogP contribution is 2.22. The molecule has 0 unspecified atom stereocenters. The van der Waals surface area contributed by atoms with Gasteiger partial charge in [0, 0.05) is 16.6 Å². The number of fused-ring (bicyclic) bond motifs is 1. The highest BCUT2D eigenvalue weighted by Gasteiger charge is 2.05. The van der Waals surface area contributed by atoms with E-state index in [9.17, 15) is 0 Å². The summed E-state index contributed by atoms with van der Waals surface area (Å²) in [5, 5.41) is 1.38. The highest BCUT2D eigenvalue weighted by atomic mass is 14.7. The molecule has 2 aromatic rings. The maximum atomic E-state index is 3.54. The molecule has 0 aliphatic heterocycles. The molecule has 0 saturated carbocycles. The summed E-state index contributed by atoms with van der Waals surface area (Å²) in [6.45, 7) is 4.49. The van der Waals surface area contributed by atoms with Crippen LogP contribution in [0.3, 0.4) is 0 Å². The van der Waals surface area contributed by atoms with Gasteiger partial charge in [0.15, 0.2) is 0 Å². The van der Waals surface area contributed by atoms with Gasteiger partial charge in [-0.25, -0.2) is 0 Å². The Bertz CT molecular complexity index is 453. The van der Waals surface area contributed by atoms with Crippen LogP contribution in [0.25, 0.3) is 10.9 Å². The van der Waals surface area contributed by atoms with Gasteiger partial charge in [-0.1, -0.05) is 44.4 Å². The molecule has 2 rings (SSSR count). The first-order valence-corrected chi connectivity index (χ1v) is 6.39. The zero-order chi connectivity index (χ0) is 11.4. The van der Waals surface area contributed by atoms with Crippen molar-refractivity contribution in [3.63, 3.8) is 0 Å². The lowest BCUT2D eigenvalue weighted by Crippen LogP contribution is -1.88. The van der Waals surface area contributed by atoms with Gasteiger partial charge in [0.25, 0.3) is 0 Å². The van der Waals surface area contributed by atoms with E-state index in [4.69, 9.17) is 0 Å². The number of para-hydroxylation sites is 1. The number of benzene rings is 1. The van der Waals surface area contributed by atoms with Crippen molar-refractivity contribution in [3.8, 4) is 0 Å². The van der Waals surface area contributed by atoms with Crippen LogP contribution < -0.4 is 0 Å². The van der Waals surface area contributed by atoms with Crippen molar-refractivity contribution in [3.05, 3.63) is 35.5 Å². The molecule has 0 saturated heterocycles. The lowest BCUT2D eigenvalue weighted by Gasteiger charge is -1.99. The van der Waals surface area contributed by atoms with Gasteiger partial charge in [-0.3, -0.25) is 0 Å². The van der Waals surface area contributed by atoms with E-state index in [1.807, 2.05) is 0 Å². The largest absolute Gasteiger partial charge is 0.358 e. The molecule has 86 valence electrons. The first-order valence-electron chi connectivity index (χ1n) is 6.39. The van der Waals surface area contributed by atoms with Gasteiger partial charge in [-0.05, 0) is 31.4 Å². The number of nitrogens with one attached hydrogen (secondary N) is 1. The first-order chi connectivity index (χ1) is 7.83. The predicted octanol–water partition coefficient (Wildman–Crippen LogP) is 4.60. The Kier molecular flexibility index (Phi) is 3.66. The molecule has 0 fully saturated rings. The summed E-state index contributed by atoms with van der Waals surface area (Å²) in [7, 11) is 0. The number of unbranched alkanes of at least 4 members (excludes halogenated alkanes) is 3. The van der Waals surface area contributed by atoms with Crippen molar-refractivity contribution < 1.29 is 0 Å². The van der Waals surface area contributed by atoms with Gasteiger partial charge in [-0.15, -0.1) is 0 Å². The summed E-state index contributed by atoms with van der Waals surface area (Å²) < 4.78 is 0. The van der Waals surface area contributed by atoms with Crippen molar-refractivity contribution in [1.82, 2.24) is 4.98 Å². The number of hydrogen-bond acceptors (Lipinski definition) is 0. The van der Waals surface area contributed by atoms with Crippen LogP contribution in [0, 0.1) is 6.92 Å². The molecule has 1 nitrogen and oxygen atoms in total. The van der Waals surface area contributed by atoms with E-state index in [2.05, 4.69) is 43.1 Å². The van der Waals surface area contributed by atoms with E-state index in [1.54, 1.807) is 0 Å². The number of hydrogen-bond donors (Lipinski definition) is 1. The van der Waals surface area contributed by atoms with E-state index in [1.165, 1.54) is 54.3 Å². The Labute approximate surface area is 97.9 Å². The van der Waals surface area contributed by atoms with Crippen LogP contribution in [0.2, 0.25) is 0 Å². The highest BCUT2D eigenvalue weighted by molar-refractivity contribution is 5.84. The Morgan fingerprint density at radius 3 is 2.62 bits per heavy atom. The van der Waals surface area contributed by atoms with Crippen molar-refractivity contribution in [2.24, 2.45) is 0 Å². The zero-order valence-electron chi connectivity index (χ0n) is 10.3. The molecule has 1 aromatic carbocycles. The second kappa shape index (κ2) is 5.20. The van der Waals surface area contributed by atoms with Crippen LogP contribution in [0.4, 0.5) is 0 Å². The smallest absolute Gasteiger partial charge is 0.0458 e. The molecule has 1 heterocycles. The van der Waals surface area contributed by atoms with E-state index in [-0.39, 0.29) is 0 Å². The third-order valence-electron chi connectivity index (χ3n) is 3.35. The number of rotatable bonds is 5. The second-order valence-corrected chi connectivity index (χ2v) is 4.58. The fourth-order valence-corrected chi connectivity index (χ4v) is 2.32. The molecule has 0 atom stereocenters. The summed E-state index contributed by atoms with van der Waals surface area (Å²) in [6, 6.07) is 8.58. The van der Waals surface area contributed by atoms with Crippen LogP contribution >= 0.6 is 0 Å². The van der Waals surface area contributed by atoms with E-state index in [0.29, 0.717) is 0 Å². The summed E-state index contributed by atoms with van der Waals surface area (Å²) in [6.07, 6.45) is 6.53. The molecule has 1 aromatic heterocycles. The minimum Gasteiger partial charge on any atom is -0.358 e. The average Bonchev–Trinajstić information content (AvgIpc) is 2.63. The molecule has 0 aliphatic rings. The third kappa shape index (κ3) is 2.29. The van der Waals surface area contributed by atoms with E-state index < -0.39 is 0 Å². The van der Waals surface area contributed by atoms with Crippen LogP contribution in [-0.4, -0.2) is 4.98 Å². The zero-order valence-corrected chi connectivity index (χ0v) is 10.3. The summed E-state index contributed by atoms with van der Waals surface area (Å²) in [5.74, 6) is 0. The third-order valence-corrected chi connectivity index (χ3v) is 3.35. The minimum atomic E-state index is 1.19. The number of H-pyrrole nitrogens is 1. The number of aromatic amines is 1. The Morgan fingerprint density at radius 1 is 1.06 bits per heavy atom. The second-order valence-electron chi connectivity index (χ2n) is 4.58. The SMILES string of the molecule is CCCCCCc1[nH]c2ccccc2c1C. The number of aryl methyl sites for hydroxylation is 2. The Morgan fingerprint density at radius 2 is 1.88 bits per heavy atom. The van der Waals surface area contributed by atoms with Crippen LogP contribution in [0.15, 0.2) is 24.3 Å². The molecule has 1 N–H and O–H groups in total. The van der Waals surface area contributed by atoms with Crippen LogP contribution in [-0.2, 0) is 6.42 Å². The molecular weight excluding hydrogens is 194 g/mol. The lowest BCUT2D eigenvalue weighted by molar-refractivity contribution is 0.661. The summed E-state index contributed by atoms with van der Waals surface area (Å²) in [5.41, 5.74) is 4.15. The normalized spacial score (nSPS) is 11.1.